The molecular weight excluding hydrogens is 140 g/mol. The summed E-state index contributed by atoms with van der Waals surface area (Å²) >= 11 is 0. The van der Waals surface area contributed by atoms with Crippen LogP contribution in [-0.4, -0.2) is 12.1 Å². The molecule has 0 fully saturated rings. The van der Waals surface area contributed by atoms with Crippen molar-refractivity contribution in [2.75, 3.05) is 7.11 Å². The number of rotatable bonds is 2. The van der Waals surface area contributed by atoms with Crippen LogP contribution in [0.25, 0.3) is 0 Å². The quantitative estimate of drug-likeness (QED) is 0.683. The molecule has 0 aliphatic carbocycles. The smallest absolute Gasteiger partial charge is 0.213 e. The normalized spacial score (nSPS) is 9.73. The van der Waals surface area contributed by atoms with Gasteiger partial charge in [-0.15, -0.1) is 0 Å². The maximum Gasteiger partial charge on any atom is 0.213 e. The summed E-state index contributed by atoms with van der Waals surface area (Å²) in [6.45, 7) is 2.52. The van der Waals surface area contributed by atoms with Crippen LogP contribution in [0, 0.1) is 6.92 Å². The van der Waals surface area contributed by atoms with E-state index in [0.717, 1.165) is 11.1 Å². The van der Waals surface area contributed by atoms with Gasteiger partial charge >= 0.3 is 0 Å². The number of hydrogen-bond acceptors (Lipinski definition) is 3. The Morgan fingerprint density at radius 1 is 1.64 bits per heavy atom. The fourth-order valence-electron chi connectivity index (χ4n) is 0.884. The molecule has 0 atom stereocenters. The van der Waals surface area contributed by atoms with Crippen molar-refractivity contribution in [3.05, 3.63) is 23.4 Å². The highest BCUT2D eigenvalue weighted by atomic mass is 16.5. The van der Waals surface area contributed by atoms with Crippen LogP contribution in [0.15, 0.2) is 12.3 Å². The van der Waals surface area contributed by atoms with Crippen LogP contribution >= 0.6 is 0 Å². The zero-order valence-electron chi connectivity index (χ0n) is 6.79. The first kappa shape index (κ1) is 8.01. The summed E-state index contributed by atoms with van der Waals surface area (Å²) in [5, 5.41) is 0. The van der Waals surface area contributed by atoms with Crippen LogP contribution in [0.2, 0.25) is 0 Å². The fraction of sp³-hybridized carbons (Fsp3) is 0.375. The van der Waals surface area contributed by atoms with Crippen molar-refractivity contribution in [2.45, 2.75) is 13.5 Å². The number of nitrogens with two attached hydrogens (primary N) is 1. The van der Waals surface area contributed by atoms with E-state index in [0.29, 0.717) is 12.4 Å². The third-order valence-corrected chi connectivity index (χ3v) is 1.62. The summed E-state index contributed by atoms with van der Waals surface area (Å²) in [6.07, 6.45) is 1.74. The zero-order valence-corrected chi connectivity index (χ0v) is 6.79. The molecule has 3 nitrogen and oxygen atoms in total. The van der Waals surface area contributed by atoms with Gasteiger partial charge in [0.05, 0.1) is 7.11 Å². The summed E-state index contributed by atoms with van der Waals surface area (Å²) in [7, 11) is 1.60. The van der Waals surface area contributed by atoms with Gasteiger partial charge in [-0.3, -0.25) is 0 Å². The third-order valence-electron chi connectivity index (χ3n) is 1.62. The Morgan fingerprint density at radius 3 is 2.82 bits per heavy atom. The highest BCUT2D eigenvalue weighted by Crippen LogP contribution is 2.11. The number of aromatic nitrogens is 1. The highest BCUT2D eigenvalue weighted by Gasteiger charge is 1.98. The largest absolute Gasteiger partial charge is 0.481 e. The van der Waals surface area contributed by atoms with Crippen molar-refractivity contribution in [3.8, 4) is 5.88 Å². The Bertz CT molecular complexity index is 248. The van der Waals surface area contributed by atoms with Crippen LogP contribution in [0.5, 0.6) is 5.88 Å². The number of pyridine rings is 1. The second kappa shape index (κ2) is 3.34. The molecule has 0 saturated carbocycles. The van der Waals surface area contributed by atoms with E-state index in [1.807, 2.05) is 13.0 Å². The highest BCUT2D eigenvalue weighted by molar-refractivity contribution is 5.27. The van der Waals surface area contributed by atoms with E-state index in [9.17, 15) is 0 Å². The molecule has 2 N–H and O–H groups in total. The number of ether oxygens (including phenoxy) is 1. The number of hydrogen-bond donors (Lipinski definition) is 1. The van der Waals surface area contributed by atoms with E-state index >= 15 is 0 Å². The minimum absolute atomic E-state index is 0.531. The van der Waals surface area contributed by atoms with Gasteiger partial charge in [0.15, 0.2) is 0 Å². The molecule has 1 aromatic heterocycles. The van der Waals surface area contributed by atoms with Gasteiger partial charge < -0.3 is 10.5 Å². The van der Waals surface area contributed by atoms with Crippen molar-refractivity contribution < 1.29 is 4.74 Å². The Hall–Kier alpha value is -1.09. The lowest BCUT2D eigenvalue weighted by atomic mass is 10.2. The molecule has 0 amide bonds. The summed E-state index contributed by atoms with van der Waals surface area (Å²) in [4.78, 5) is 4.03. The summed E-state index contributed by atoms with van der Waals surface area (Å²) < 4.78 is 4.94. The molecule has 0 aliphatic rings. The van der Waals surface area contributed by atoms with Crippen LogP contribution in [0.1, 0.15) is 11.1 Å². The van der Waals surface area contributed by atoms with Gasteiger partial charge in [-0.1, -0.05) is 0 Å². The molecule has 11 heavy (non-hydrogen) atoms. The van der Waals surface area contributed by atoms with Gasteiger partial charge in [-0.25, -0.2) is 4.98 Å². The van der Waals surface area contributed by atoms with E-state index < -0.39 is 0 Å². The molecule has 1 aromatic rings. The predicted molar refractivity (Wildman–Crippen MR) is 43.4 cm³/mol. The Morgan fingerprint density at radius 2 is 2.36 bits per heavy atom. The van der Waals surface area contributed by atoms with Gasteiger partial charge in [-0.2, -0.15) is 0 Å². The van der Waals surface area contributed by atoms with E-state index in [2.05, 4.69) is 4.98 Å². The molecule has 3 heteroatoms. The maximum absolute atomic E-state index is 5.46. The van der Waals surface area contributed by atoms with Gasteiger partial charge in [0, 0.05) is 18.8 Å². The van der Waals surface area contributed by atoms with Crippen LogP contribution in [-0.2, 0) is 6.54 Å². The lowest BCUT2D eigenvalue weighted by molar-refractivity contribution is 0.397. The molecule has 60 valence electrons. The van der Waals surface area contributed by atoms with E-state index in [4.69, 9.17) is 10.5 Å². The molecule has 0 spiro atoms. The lowest BCUT2D eigenvalue weighted by Gasteiger charge is -2.03. The minimum Gasteiger partial charge on any atom is -0.481 e. The van der Waals surface area contributed by atoms with Gasteiger partial charge in [0.25, 0.3) is 0 Å². The van der Waals surface area contributed by atoms with Crippen molar-refractivity contribution in [1.29, 1.82) is 0 Å². The van der Waals surface area contributed by atoms with Gasteiger partial charge in [0.1, 0.15) is 0 Å². The monoisotopic (exact) mass is 152 g/mol. The molecule has 0 aromatic carbocycles. The first-order valence-electron chi connectivity index (χ1n) is 3.47. The summed E-state index contributed by atoms with van der Waals surface area (Å²) in [6, 6.07) is 1.88. The van der Waals surface area contributed by atoms with Gasteiger partial charge in [0.2, 0.25) is 5.88 Å². The molecule has 0 aliphatic heterocycles. The zero-order chi connectivity index (χ0) is 8.27. The van der Waals surface area contributed by atoms with Crippen molar-refractivity contribution in [3.63, 3.8) is 0 Å². The van der Waals surface area contributed by atoms with Crippen LogP contribution < -0.4 is 10.5 Å². The van der Waals surface area contributed by atoms with Crippen LogP contribution in [0.4, 0.5) is 0 Å². The van der Waals surface area contributed by atoms with E-state index in [1.165, 1.54) is 0 Å². The second-order valence-electron chi connectivity index (χ2n) is 2.36. The second-order valence-corrected chi connectivity index (χ2v) is 2.36. The molecule has 0 bridgehead atoms. The summed E-state index contributed by atoms with van der Waals surface area (Å²) in [5.74, 6) is 0.639. The minimum atomic E-state index is 0.531. The number of aryl methyl sites for hydroxylation is 1. The maximum atomic E-state index is 5.46. The molecule has 0 unspecified atom stereocenters. The fourth-order valence-corrected chi connectivity index (χ4v) is 0.884. The Labute approximate surface area is 66.2 Å². The average Bonchev–Trinajstić information content (AvgIpc) is 2.04. The summed E-state index contributed by atoms with van der Waals surface area (Å²) in [5.41, 5.74) is 7.65. The van der Waals surface area contributed by atoms with E-state index in [-0.39, 0.29) is 0 Å². The van der Waals surface area contributed by atoms with Crippen molar-refractivity contribution in [2.24, 2.45) is 5.73 Å². The van der Waals surface area contributed by atoms with Gasteiger partial charge in [-0.05, 0) is 18.1 Å². The molecule has 0 saturated heterocycles. The topological polar surface area (TPSA) is 48.1 Å². The first-order chi connectivity index (χ1) is 5.27. The average molecular weight is 152 g/mol. The Balaban J connectivity index is 2.99. The van der Waals surface area contributed by atoms with E-state index in [1.54, 1.807) is 13.3 Å². The molecule has 0 radical (unpaired) electrons. The first-order valence-corrected chi connectivity index (χ1v) is 3.47. The molecule has 1 rings (SSSR count). The van der Waals surface area contributed by atoms with Crippen LogP contribution in [0.3, 0.4) is 0 Å². The van der Waals surface area contributed by atoms with Crippen molar-refractivity contribution in [1.82, 2.24) is 4.98 Å². The third kappa shape index (κ3) is 1.68. The predicted octanol–water partition coefficient (Wildman–Crippen LogP) is 0.857. The Kier molecular flexibility index (Phi) is 2.44. The molecular formula is C8H12N2O. The SMILES string of the molecule is COc1cc(C)c(CN)cn1. The lowest BCUT2D eigenvalue weighted by Crippen LogP contribution is -2.00. The molecule has 1 heterocycles. The number of nitrogens with zero attached hydrogens (tertiary/aromatic N) is 1. The van der Waals surface area contributed by atoms with Crippen molar-refractivity contribution >= 4 is 0 Å². The standard InChI is InChI=1S/C8H12N2O/c1-6-3-8(11-2)10-5-7(6)4-9/h3,5H,4,9H2,1-2H3. The number of methoxy groups -OCH3 is 1.